The highest BCUT2D eigenvalue weighted by molar-refractivity contribution is 7.10. The number of urea groups is 1. The first-order valence-corrected chi connectivity index (χ1v) is 3.03. The van der Waals surface area contributed by atoms with Crippen molar-refractivity contribution in [2.45, 2.75) is 0 Å². The summed E-state index contributed by atoms with van der Waals surface area (Å²) in [5.41, 5.74) is 4.81. The number of aromatic nitrogens is 1. The van der Waals surface area contributed by atoms with Crippen molar-refractivity contribution >= 4 is 22.6 Å². The summed E-state index contributed by atoms with van der Waals surface area (Å²) >= 11 is 1.19. The topological polar surface area (TPSA) is 68.0 Å². The summed E-state index contributed by atoms with van der Waals surface area (Å²) in [4.78, 5) is 10.2. The molecule has 1 aromatic heterocycles. The second-order valence-corrected chi connectivity index (χ2v) is 2.20. The van der Waals surface area contributed by atoms with Crippen LogP contribution in [0.2, 0.25) is 0 Å². The van der Waals surface area contributed by atoms with E-state index in [1.807, 2.05) is 0 Å². The molecule has 0 bridgehead atoms. The van der Waals surface area contributed by atoms with Crippen molar-refractivity contribution in [2.75, 3.05) is 5.32 Å². The van der Waals surface area contributed by atoms with Crippen LogP contribution in [-0.4, -0.2) is 10.4 Å². The van der Waals surface area contributed by atoms with Gasteiger partial charge in [-0.15, -0.1) is 0 Å². The summed E-state index contributed by atoms with van der Waals surface area (Å²) in [7, 11) is 0. The summed E-state index contributed by atoms with van der Waals surface area (Å²) < 4.78 is 3.75. The van der Waals surface area contributed by atoms with Gasteiger partial charge in [0.25, 0.3) is 0 Å². The Morgan fingerprint density at radius 1 is 1.89 bits per heavy atom. The highest BCUT2D eigenvalue weighted by Gasteiger charge is 1.94. The van der Waals surface area contributed by atoms with Gasteiger partial charge >= 0.3 is 6.03 Å². The zero-order valence-corrected chi connectivity index (χ0v) is 5.31. The highest BCUT2D eigenvalue weighted by Crippen LogP contribution is 2.09. The molecule has 0 unspecified atom stereocenters. The third-order valence-electron chi connectivity index (χ3n) is 0.684. The normalized spacial score (nSPS) is 8.89. The Morgan fingerprint density at radius 3 is 3.11 bits per heavy atom. The second-order valence-electron chi connectivity index (χ2n) is 1.37. The molecule has 2 amide bonds. The Kier molecular flexibility index (Phi) is 1.64. The highest BCUT2D eigenvalue weighted by atomic mass is 32.1. The maximum absolute atomic E-state index is 10.2. The van der Waals surface area contributed by atoms with Crippen LogP contribution >= 0.6 is 11.5 Å². The summed E-state index contributed by atoms with van der Waals surface area (Å²) in [6.07, 6.45) is 1.59. The Hall–Kier alpha value is -1.10. The number of carbonyl (C=O) groups excluding carboxylic acids is 1. The molecule has 48 valence electrons. The van der Waals surface area contributed by atoms with E-state index in [0.29, 0.717) is 5.00 Å². The lowest BCUT2D eigenvalue weighted by Crippen LogP contribution is -2.18. The number of carbonyl (C=O) groups is 1. The van der Waals surface area contributed by atoms with E-state index >= 15 is 0 Å². The fraction of sp³-hybridized carbons (Fsp3) is 0. The number of amides is 2. The Labute approximate surface area is 55.8 Å². The van der Waals surface area contributed by atoms with E-state index in [-0.39, 0.29) is 0 Å². The smallest absolute Gasteiger partial charge is 0.317 e. The molecule has 0 saturated heterocycles. The van der Waals surface area contributed by atoms with Crippen LogP contribution in [0, 0.1) is 0 Å². The lowest BCUT2D eigenvalue weighted by molar-refractivity contribution is 0.259. The molecule has 0 aliphatic carbocycles. The van der Waals surface area contributed by atoms with Gasteiger partial charge in [0.15, 0.2) is 0 Å². The third kappa shape index (κ3) is 1.69. The molecule has 1 rings (SSSR count). The fourth-order valence-corrected chi connectivity index (χ4v) is 0.905. The first kappa shape index (κ1) is 6.03. The largest absolute Gasteiger partial charge is 0.351 e. The van der Waals surface area contributed by atoms with Crippen LogP contribution < -0.4 is 11.1 Å². The number of rotatable bonds is 1. The van der Waals surface area contributed by atoms with Crippen LogP contribution in [0.25, 0.3) is 0 Å². The lowest BCUT2D eigenvalue weighted by Gasteiger charge is -1.91. The van der Waals surface area contributed by atoms with Crippen molar-refractivity contribution in [3.63, 3.8) is 0 Å². The van der Waals surface area contributed by atoms with E-state index < -0.39 is 6.03 Å². The van der Waals surface area contributed by atoms with Gasteiger partial charge in [-0.2, -0.15) is 4.37 Å². The van der Waals surface area contributed by atoms with Gasteiger partial charge in [-0.1, -0.05) is 0 Å². The van der Waals surface area contributed by atoms with Crippen molar-refractivity contribution < 1.29 is 4.79 Å². The van der Waals surface area contributed by atoms with Gasteiger partial charge < -0.3 is 5.73 Å². The third-order valence-corrected chi connectivity index (χ3v) is 1.35. The average Bonchev–Trinajstić information content (AvgIpc) is 2.15. The maximum atomic E-state index is 10.2. The number of nitrogens with one attached hydrogen (secondary N) is 1. The monoisotopic (exact) mass is 143 g/mol. The van der Waals surface area contributed by atoms with Gasteiger partial charge in [0.2, 0.25) is 0 Å². The van der Waals surface area contributed by atoms with Crippen LogP contribution in [0.15, 0.2) is 12.3 Å². The number of primary amides is 1. The van der Waals surface area contributed by atoms with Gasteiger partial charge in [-0.3, -0.25) is 5.32 Å². The minimum absolute atomic E-state index is 0.556. The molecule has 0 aliphatic heterocycles. The van der Waals surface area contributed by atoms with Crippen molar-refractivity contribution in [3.8, 4) is 0 Å². The SMILES string of the molecule is NC(=O)Nc1ccns1. The van der Waals surface area contributed by atoms with Gasteiger partial charge in [0, 0.05) is 6.20 Å². The van der Waals surface area contributed by atoms with E-state index in [1.54, 1.807) is 12.3 Å². The molecular formula is C4H5N3OS. The van der Waals surface area contributed by atoms with Crippen molar-refractivity contribution in [3.05, 3.63) is 12.3 Å². The molecule has 9 heavy (non-hydrogen) atoms. The van der Waals surface area contributed by atoms with Crippen molar-refractivity contribution in [1.29, 1.82) is 0 Å². The molecule has 1 heterocycles. The molecular weight excluding hydrogens is 138 g/mol. The number of anilines is 1. The molecule has 0 radical (unpaired) electrons. The number of nitrogens with two attached hydrogens (primary N) is 1. The molecule has 5 heteroatoms. The maximum Gasteiger partial charge on any atom is 0.317 e. The van der Waals surface area contributed by atoms with E-state index in [1.165, 1.54) is 11.5 Å². The van der Waals surface area contributed by atoms with E-state index in [0.717, 1.165) is 0 Å². The number of nitrogens with zero attached hydrogens (tertiary/aromatic N) is 1. The minimum Gasteiger partial charge on any atom is -0.351 e. The summed E-state index contributed by atoms with van der Waals surface area (Å²) in [6.45, 7) is 0. The molecule has 1 aromatic rings. The van der Waals surface area contributed by atoms with Crippen LogP contribution in [-0.2, 0) is 0 Å². The van der Waals surface area contributed by atoms with Gasteiger partial charge in [0.05, 0.1) is 0 Å². The molecule has 0 spiro atoms. The van der Waals surface area contributed by atoms with E-state index in [9.17, 15) is 4.79 Å². The van der Waals surface area contributed by atoms with E-state index in [4.69, 9.17) is 5.73 Å². The minimum atomic E-state index is -0.556. The van der Waals surface area contributed by atoms with E-state index in [2.05, 4.69) is 9.69 Å². The number of hydrogen-bond donors (Lipinski definition) is 2. The Balaban J connectivity index is 2.58. The molecule has 4 nitrogen and oxygen atoms in total. The lowest BCUT2D eigenvalue weighted by atomic mass is 10.7. The quantitative estimate of drug-likeness (QED) is 0.605. The molecule has 0 aromatic carbocycles. The van der Waals surface area contributed by atoms with Crippen LogP contribution in [0.3, 0.4) is 0 Å². The first-order chi connectivity index (χ1) is 4.29. The van der Waals surface area contributed by atoms with Gasteiger partial charge in [0.1, 0.15) is 5.00 Å². The fourth-order valence-electron chi connectivity index (χ4n) is 0.402. The first-order valence-electron chi connectivity index (χ1n) is 2.26. The van der Waals surface area contributed by atoms with Crippen molar-refractivity contribution in [1.82, 2.24) is 4.37 Å². The van der Waals surface area contributed by atoms with Crippen LogP contribution in [0.4, 0.5) is 9.80 Å². The van der Waals surface area contributed by atoms with Crippen LogP contribution in [0.1, 0.15) is 0 Å². The zero-order valence-electron chi connectivity index (χ0n) is 4.50. The Morgan fingerprint density at radius 2 is 2.67 bits per heavy atom. The standard InChI is InChI=1S/C4H5N3OS/c5-4(8)7-3-1-2-6-9-3/h1-2H,(H3,5,7,8). The second kappa shape index (κ2) is 2.45. The summed E-state index contributed by atoms with van der Waals surface area (Å²) in [5.74, 6) is 0. The predicted octanol–water partition coefficient (Wildman–Crippen LogP) is 0.634. The summed E-state index contributed by atoms with van der Waals surface area (Å²) in [5, 5.41) is 3.05. The molecule has 0 aliphatic rings. The van der Waals surface area contributed by atoms with Crippen molar-refractivity contribution in [2.24, 2.45) is 5.73 Å². The van der Waals surface area contributed by atoms with Gasteiger partial charge in [-0.05, 0) is 17.6 Å². The molecule has 0 fully saturated rings. The molecule has 0 saturated carbocycles. The molecule has 0 atom stereocenters. The van der Waals surface area contributed by atoms with Crippen LogP contribution in [0.5, 0.6) is 0 Å². The zero-order chi connectivity index (χ0) is 6.69. The predicted molar refractivity (Wildman–Crippen MR) is 35.3 cm³/mol. The summed E-state index contributed by atoms with van der Waals surface area (Å²) in [6, 6.07) is 1.12. The van der Waals surface area contributed by atoms with Gasteiger partial charge in [-0.25, -0.2) is 4.79 Å². The average molecular weight is 143 g/mol. The number of hydrogen-bond acceptors (Lipinski definition) is 3. The molecule has 3 N–H and O–H groups in total. The Bertz CT molecular complexity index is 196.